The monoisotopic (exact) mass is 197 g/mol. The molecule has 1 aromatic rings. The highest BCUT2D eigenvalue weighted by atomic mass is 35.5. The molecule has 2 nitrogen and oxygen atoms in total. The predicted molar refractivity (Wildman–Crippen MR) is 53.0 cm³/mol. The summed E-state index contributed by atoms with van der Waals surface area (Å²) < 4.78 is 5.37. The summed E-state index contributed by atoms with van der Waals surface area (Å²) in [5.41, 5.74) is 1.24. The maximum Gasteiger partial charge on any atom is 0.0662 e. The van der Waals surface area contributed by atoms with E-state index < -0.39 is 0 Å². The second-order valence-corrected chi connectivity index (χ2v) is 3.57. The van der Waals surface area contributed by atoms with Crippen molar-refractivity contribution in [1.29, 1.82) is 0 Å². The number of benzene rings is 1. The minimum absolute atomic E-state index is 0.325. The van der Waals surface area contributed by atoms with Crippen LogP contribution in [0.15, 0.2) is 24.3 Å². The van der Waals surface area contributed by atoms with E-state index in [4.69, 9.17) is 16.3 Å². The highest BCUT2D eigenvalue weighted by Crippen LogP contribution is 2.18. The lowest BCUT2D eigenvalue weighted by Gasteiger charge is -2.24. The zero-order valence-electron chi connectivity index (χ0n) is 7.29. The van der Waals surface area contributed by atoms with Gasteiger partial charge >= 0.3 is 0 Å². The van der Waals surface area contributed by atoms with Crippen molar-refractivity contribution in [1.82, 2.24) is 5.32 Å². The van der Waals surface area contributed by atoms with E-state index in [1.807, 2.05) is 24.3 Å². The topological polar surface area (TPSA) is 21.3 Å². The number of nitrogens with one attached hydrogen (secondary N) is 1. The van der Waals surface area contributed by atoms with Gasteiger partial charge in [0.25, 0.3) is 0 Å². The first kappa shape index (κ1) is 9.00. The molecule has 0 amide bonds. The Bertz CT molecular complexity index is 267. The molecule has 1 aliphatic rings. The van der Waals surface area contributed by atoms with Gasteiger partial charge in [-0.1, -0.05) is 23.7 Å². The summed E-state index contributed by atoms with van der Waals surface area (Å²) in [4.78, 5) is 0. The number of halogens is 1. The van der Waals surface area contributed by atoms with Gasteiger partial charge in [0.05, 0.1) is 19.3 Å². The minimum Gasteiger partial charge on any atom is -0.378 e. The van der Waals surface area contributed by atoms with Gasteiger partial charge in [0, 0.05) is 11.6 Å². The van der Waals surface area contributed by atoms with Crippen molar-refractivity contribution >= 4 is 11.6 Å². The minimum atomic E-state index is 0.325. The second-order valence-electron chi connectivity index (χ2n) is 3.13. The molecule has 1 saturated heterocycles. The molecule has 0 bridgehead atoms. The van der Waals surface area contributed by atoms with E-state index in [-0.39, 0.29) is 0 Å². The van der Waals surface area contributed by atoms with Gasteiger partial charge in [0.15, 0.2) is 0 Å². The van der Waals surface area contributed by atoms with E-state index in [0.29, 0.717) is 6.04 Å². The molecule has 1 atom stereocenters. The molecule has 1 fully saturated rings. The maximum absolute atomic E-state index is 5.80. The number of rotatable bonds is 1. The van der Waals surface area contributed by atoms with Crippen molar-refractivity contribution in [2.24, 2.45) is 0 Å². The van der Waals surface area contributed by atoms with E-state index in [0.717, 1.165) is 24.8 Å². The van der Waals surface area contributed by atoms with Crippen molar-refractivity contribution < 1.29 is 4.74 Å². The zero-order valence-corrected chi connectivity index (χ0v) is 8.05. The van der Waals surface area contributed by atoms with Gasteiger partial charge in [0.1, 0.15) is 0 Å². The fourth-order valence-corrected chi connectivity index (χ4v) is 1.60. The Morgan fingerprint density at radius 1 is 1.31 bits per heavy atom. The number of hydrogen-bond donors (Lipinski definition) is 1. The van der Waals surface area contributed by atoms with E-state index in [9.17, 15) is 0 Å². The summed E-state index contributed by atoms with van der Waals surface area (Å²) in [5, 5.41) is 4.16. The molecule has 3 heteroatoms. The average Bonchev–Trinajstić information content (AvgIpc) is 2.20. The number of morpholine rings is 1. The van der Waals surface area contributed by atoms with Crippen molar-refractivity contribution in [3.8, 4) is 0 Å². The van der Waals surface area contributed by atoms with Crippen LogP contribution >= 0.6 is 11.6 Å². The fraction of sp³-hybridized carbons (Fsp3) is 0.400. The van der Waals surface area contributed by atoms with Crippen LogP contribution in [0, 0.1) is 0 Å². The Kier molecular flexibility index (Phi) is 2.83. The van der Waals surface area contributed by atoms with E-state index in [2.05, 4.69) is 5.32 Å². The first-order valence-electron chi connectivity index (χ1n) is 4.43. The Hall–Kier alpha value is -0.570. The van der Waals surface area contributed by atoms with Crippen LogP contribution in [0.4, 0.5) is 0 Å². The largest absolute Gasteiger partial charge is 0.378 e. The normalized spacial score (nSPS) is 23.0. The molecule has 1 aliphatic heterocycles. The van der Waals surface area contributed by atoms with Crippen LogP contribution in [-0.4, -0.2) is 19.8 Å². The fourth-order valence-electron chi connectivity index (χ4n) is 1.47. The Morgan fingerprint density at radius 3 is 2.69 bits per heavy atom. The highest BCUT2D eigenvalue weighted by Gasteiger charge is 2.14. The quantitative estimate of drug-likeness (QED) is 0.744. The Balaban J connectivity index is 2.10. The molecule has 1 N–H and O–H groups in total. The average molecular weight is 198 g/mol. The first-order chi connectivity index (χ1) is 6.36. The molecule has 1 aromatic carbocycles. The van der Waals surface area contributed by atoms with Gasteiger partial charge in [-0.05, 0) is 17.7 Å². The van der Waals surface area contributed by atoms with Gasteiger partial charge in [-0.15, -0.1) is 0 Å². The molecule has 0 aliphatic carbocycles. The predicted octanol–water partition coefficient (Wildman–Crippen LogP) is 2.00. The van der Waals surface area contributed by atoms with Crippen molar-refractivity contribution in [3.05, 3.63) is 34.9 Å². The van der Waals surface area contributed by atoms with Crippen LogP contribution in [0.1, 0.15) is 11.6 Å². The molecule has 2 rings (SSSR count). The second kappa shape index (κ2) is 4.09. The van der Waals surface area contributed by atoms with Gasteiger partial charge in [-0.3, -0.25) is 0 Å². The first-order valence-corrected chi connectivity index (χ1v) is 4.80. The summed E-state index contributed by atoms with van der Waals surface area (Å²) in [6, 6.07) is 8.22. The van der Waals surface area contributed by atoms with Crippen LogP contribution in [-0.2, 0) is 4.74 Å². The molecular formula is C10H12ClNO. The highest BCUT2D eigenvalue weighted by molar-refractivity contribution is 6.30. The van der Waals surface area contributed by atoms with Crippen molar-refractivity contribution in [2.45, 2.75) is 6.04 Å². The van der Waals surface area contributed by atoms with Crippen LogP contribution in [0.3, 0.4) is 0 Å². The number of ether oxygens (including phenoxy) is 1. The molecular weight excluding hydrogens is 186 g/mol. The molecule has 13 heavy (non-hydrogen) atoms. The zero-order chi connectivity index (χ0) is 9.10. The third-order valence-corrected chi connectivity index (χ3v) is 2.45. The van der Waals surface area contributed by atoms with Crippen LogP contribution in [0.2, 0.25) is 5.02 Å². The molecule has 0 spiro atoms. The van der Waals surface area contributed by atoms with Gasteiger partial charge in [-0.25, -0.2) is 0 Å². The molecule has 70 valence electrons. The standard InChI is InChI=1S/C10H12ClNO/c11-9-3-1-8(2-4-9)10-7-13-6-5-12-10/h1-4,10,12H,5-7H2/t10-/m0/s1. The summed E-state index contributed by atoms with van der Waals surface area (Å²) in [5.74, 6) is 0. The Morgan fingerprint density at radius 2 is 2.08 bits per heavy atom. The van der Waals surface area contributed by atoms with Gasteiger partial charge in [-0.2, -0.15) is 0 Å². The lowest BCUT2D eigenvalue weighted by Crippen LogP contribution is -2.34. The summed E-state index contributed by atoms with van der Waals surface area (Å²) in [7, 11) is 0. The van der Waals surface area contributed by atoms with E-state index in [1.54, 1.807) is 0 Å². The van der Waals surface area contributed by atoms with Gasteiger partial charge < -0.3 is 10.1 Å². The third kappa shape index (κ3) is 2.21. The third-order valence-electron chi connectivity index (χ3n) is 2.19. The smallest absolute Gasteiger partial charge is 0.0662 e. The van der Waals surface area contributed by atoms with E-state index >= 15 is 0 Å². The summed E-state index contributed by atoms with van der Waals surface area (Å²) >= 11 is 5.80. The molecule has 1 heterocycles. The molecule has 0 aromatic heterocycles. The molecule has 0 unspecified atom stereocenters. The van der Waals surface area contributed by atoms with Crippen LogP contribution in [0.5, 0.6) is 0 Å². The Labute approximate surface area is 82.9 Å². The maximum atomic E-state index is 5.80. The van der Waals surface area contributed by atoms with Crippen LogP contribution < -0.4 is 5.32 Å². The van der Waals surface area contributed by atoms with Crippen molar-refractivity contribution in [2.75, 3.05) is 19.8 Å². The molecule has 0 radical (unpaired) electrons. The van der Waals surface area contributed by atoms with Gasteiger partial charge in [0.2, 0.25) is 0 Å². The summed E-state index contributed by atoms with van der Waals surface area (Å²) in [6.07, 6.45) is 0. The SMILES string of the molecule is Clc1ccc([C@@H]2COCCN2)cc1. The molecule has 0 saturated carbocycles. The van der Waals surface area contributed by atoms with E-state index in [1.165, 1.54) is 5.56 Å². The lowest BCUT2D eigenvalue weighted by molar-refractivity contribution is 0.0769. The van der Waals surface area contributed by atoms with Crippen LogP contribution in [0.25, 0.3) is 0 Å². The lowest BCUT2D eigenvalue weighted by atomic mass is 10.1. The van der Waals surface area contributed by atoms with Crippen molar-refractivity contribution in [3.63, 3.8) is 0 Å². The number of hydrogen-bond acceptors (Lipinski definition) is 2. The summed E-state index contributed by atoms with van der Waals surface area (Å²) in [6.45, 7) is 2.49.